The number of ether oxygens (including phenoxy) is 2. The summed E-state index contributed by atoms with van der Waals surface area (Å²) < 4.78 is 10.4. The molecule has 14 heavy (non-hydrogen) atoms. The molecule has 0 radical (unpaired) electrons. The summed E-state index contributed by atoms with van der Waals surface area (Å²) in [6, 6.07) is 0. The molecule has 1 heterocycles. The molecule has 1 aliphatic heterocycles. The van der Waals surface area contributed by atoms with Crippen molar-refractivity contribution in [2.45, 2.75) is 32.8 Å². The highest BCUT2D eigenvalue weighted by Gasteiger charge is 2.26. The largest absolute Gasteiger partial charge is 0.481 e. The summed E-state index contributed by atoms with van der Waals surface area (Å²) in [5, 5.41) is 8.85. The van der Waals surface area contributed by atoms with Crippen molar-refractivity contribution in [2.24, 2.45) is 5.41 Å². The van der Waals surface area contributed by atoms with Crippen LogP contribution >= 0.6 is 0 Å². The van der Waals surface area contributed by atoms with Gasteiger partial charge in [0.05, 0.1) is 18.6 Å². The third kappa shape index (κ3) is 3.27. The third-order valence-electron chi connectivity index (χ3n) is 2.49. The molecule has 0 aromatic carbocycles. The number of aliphatic carboxylic acids is 1. The van der Waals surface area contributed by atoms with E-state index in [2.05, 4.69) is 0 Å². The van der Waals surface area contributed by atoms with E-state index in [1.54, 1.807) is 13.8 Å². The molecule has 1 fully saturated rings. The number of hydrogen-bond donors (Lipinski definition) is 1. The predicted octanol–water partition coefficient (Wildman–Crippen LogP) is 1.29. The molecule has 0 aliphatic carbocycles. The van der Waals surface area contributed by atoms with Crippen molar-refractivity contribution in [1.82, 2.24) is 0 Å². The number of rotatable bonds is 6. The van der Waals surface area contributed by atoms with Crippen LogP contribution in [0.15, 0.2) is 0 Å². The van der Waals surface area contributed by atoms with Gasteiger partial charge in [0.2, 0.25) is 0 Å². The molecule has 0 spiro atoms. The van der Waals surface area contributed by atoms with Crippen molar-refractivity contribution in [1.29, 1.82) is 0 Å². The molecule has 0 unspecified atom stereocenters. The highest BCUT2D eigenvalue weighted by Crippen LogP contribution is 2.22. The van der Waals surface area contributed by atoms with E-state index >= 15 is 0 Å². The Bertz CT molecular complexity index is 196. The van der Waals surface area contributed by atoms with Crippen LogP contribution in [0.1, 0.15) is 26.7 Å². The zero-order valence-corrected chi connectivity index (χ0v) is 8.78. The molecule has 4 nitrogen and oxygen atoms in total. The molecule has 4 heteroatoms. The normalized spacial score (nSPS) is 17.9. The van der Waals surface area contributed by atoms with Gasteiger partial charge in [-0.2, -0.15) is 0 Å². The van der Waals surface area contributed by atoms with E-state index in [-0.39, 0.29) is 6.10 Å². The second-order valence-electron chi connectivity index (χ2n) is 4.32. The Balaban J connectivity index is 2.04. The lowest BCUT2D eigenvalue weighted by molar-refractivity contribution is -0.148. The fraction of sp³-hybridized carbons (Fsp3) is 0.900. The average molecular weight is 202 g/mol. The highest BCUT2D eigenvalue weighted by atomic mass is 16.6. The van der Waals surface area contributed by atoms with Gasteiger partial charge in [-0.15, -0.1) is 0 Å². The van der Waals surface area contributed by atoms with E-state index < -0.39 is 11.4 Å². The average Bonchev–Trinajstić information content (AvgIpc) is 2.00. The summed E-state index contributed by atoms with van der Waals surface area (Å²) in [6.07, 6.45) is 1.68. The summed E-state index contributed by atoms with van der Waals surface area (Å²) in [6.45, 7) is 5.47. The first kappa shape index (κ1) is 11.5. The summed E-state index contributed by atoms with van der Waals surface area (Å²) in [5.41, 5.74) is -0.639. The monoisotopic (exact) mass is 202 g/mol. The Morgan fingerprint density at radius 1 is 1.57 bits per heavy atom. The molecule has 0 aromatic rings. The van der Waals surface area contributed by atoms with Gasteiger partial charge in [0.25, 0.3) is 0 Å². The minimum absolute atomic E-state index is 0.239. The molecule has 0 atom stereocenters. The fourth-order valence-electron chi connectivity index (χ4n) is 1.18. The van der Waals surface area contributed by atoms with Crippen LogP contribution in [0.2, 0.25) is 0 Å². The summed E-state index contributed by atoms with van der Waals surface area (Å²) in [5.74, 6) is -0.746. The Morgan fingerprint density at radius 3 is 2.64 bits per heavy atom. The molecule has 82 valence electrons. The van der Waals surface area contributed by atoms with Gasteiger partial charge in [0, 0.05) is 6.61 Å². The van der Waals surface area contributed by atoms with Crippen LogP contribution in [0, 0.1) is 5.41 Å². The maximum atomic E-state index is 10.8. The van der Waals surface area contributed by atoms with Crippen LogP contribution in [0.4, 0.5) is 0 Å². The van der Waals surface area contributed by atoms with Gasteiger partial charge in [0.15, 0.2) is 0 Å². The van der Waals surface area contributed by atoms with Crippen molar-refractivity contribution in [2.75, 3.05) is 19.8 Å². The van der Waals surface area contributed by atoms with Gasteiger partial charge < -0.3 is 14.6 Å². The first-order chi connectivity index (χ1) is 6.52. The molecular formula is C10H18O4. The van der Waals surface area contributed by atoms with Crippen LogP contribution in [0.5, 0.6) is 0 Å². The SMILES string of the molecule is CC(C)(CCCOC1COC1)C(=O)O. The second-order valence-corrected chi connectivity index (χ2v) is 4.32. The standard InChI is InChI=1S/C10H18O4/c1-10(2,9(11)12)4-3-5-14-8-6-13-7-8/h8H,3-7H2,1-2H3,(H,11,12). The van der Waals surface area contributed by atoms with Crippen molar-refractivity contribution in [3.8, 4) is 0 Å². The lowest BCUT2D eigenvalue weighted by atomic mass is 9.88. The second kappa shape index (κ2) is 4.75. The predicted molar refractivity (Wildman–Crippen MR) is 51.2 cm³/mol. The van der Waals surface area contributed by atoms with Crippen LogP contribution in [-0.4, -0.2) is 37.0 Å². The summed E-state index contributed by atoms with van der Waals surface area (Å²) >= 11 is 0. The van der Waals surface area contributed by atoms with Gasteiger partial charge in [-0.1, -0.05) is 0 Å². The van der Waals surface area contributed by atoms with E-state index in [0.717, 1.165) is 6.42 Å². The van der Waals surface area contributed by atoms with E-state index in [0.29, 0.717) is 26.2 Å². The van der Waals surface area contributed by atoms with Crippen molar-refractivity contribution in [3.05, 3.63) is 0 Å². The van der Waals surface area contributed by atoms with Crippen LogP contribution < -0.4 is 0 Å². The highest BCUT2D eigenvalue weighted by molar-refractivity contribution is 5.73. The number of carbonyl (C=O) groups is 1. The smallest absolute Gasteiger partial charge is 0.309 e. The molecule has 1 rings (SSSR count). The van der Waals surface area contributed by atoms with Gasteiger partial charge in [-0.05, 0) is 26.7 Å². The zero-order valence-electron chi connectivity index (χ0n) is 8.78. The molecule has 1 N–H and O–H groups in total. The molecule has 0 aromatic heterocycles. The number of carboxylic acid groups (broad SMARTS) is 1. The number of carboxylic acids is 1. The minimum atomic E-state index is -0.746. The Morgan fingerprint density at radius 2 is 2.21 bits per heavy atom. The van der Waals surface area contributed by atoms with Gasteiger partial charge in [-0.3, -0.25) is 4.79 Å². The Kier molecular flexibility index (Phi) is 3.89. The maximum Gasteiger partial charge on any atom is 0.309 e. The maximum absolute atomic E-state index is 10.8. The van der Waals surface area contributed by atoms with Crippen LogP contribution in [0.3, 0.4) is 0 Å². The van der Waals surface area contributed by atoms with Crippen LogP contribution in [-0.2, 0) is 14.3 Å². The quantitative estimate of drug-likeness (QED) is 0.659. The topological polar surface area (TPSA) is 55.8 Å². The van der Waals surface area contributed by atoms with Crippen molar-refractivity contribution >= 4 is 5.97 Å². The van der Waals surface area contributed by atoms with Crippen molar-refractivity contribution in [3.63, 3.8) is 0 Å². The first-order valence-electron chi connectivity index (χ1n) is 4.95. The molecular weight excluding hydrogens is 184 g/mol. The van der Waals surface area contributed by atoms with Gasteiger partial charge in [0.1, 0.15) is 6.10 Å². The molecule has 1 saturated heterocycles. The molecule has 0 bridgehead atoms. The van der Waals surface area contributed by atoms with E-state index in [1.807, 2.05) is 0 Å². The summed E-state index contributed by atoms with van der Waals surface area (Å²) in [4.78, 5) is 10.8. The molecule has 0 saturated carbocycles. The summed E-state index contributed by atoms with van der Waals surface area (Å²) in [7, 11) is 0. The van der Waals surface area contributed by atoms with E-state index in [1.165, 1.54) is 0 Å². The lowest BCUT2D eigenvalue weighted by Gasteiger charge is -2.26. The third-order valence-corrected chi connectivity index (χ3v) is 2.49. The zero-order chi connectivity index (χ0) is 10.6. The molecule has 1 aliphatic rings. The lowest BCUT2D eigenvalue weighted by Crippen LogP contribution is -2.36. The first-order valence-corrected chi connectivity index (χ1v) is 4.95. The Hall–Kier alpha value is -0.610. The number of hydrogen-bond acceptors (Lipinski definition) is 3. The van der Waals surface area contributed by atoms with E-state index in [4.69, 9.17) is 14.6 Å². The van der Waals surface area contributed by atoms with Crippen LogP contribution in [0.25, 0.3) is 0 Å². The van der Waals surface area contributed by atoms with Gasteiger partial charge in [-0.25, -0.2) is 0 Å². The van der Waals surface area contributed by atoms with E-state index in [9.17, 15) is 4.79 Å². The molecule has 0 amide bonds. The Labute approximate surface area is 84.2 Å². The van der Waals surface area contributed by atoms with Crippen molar-refractivity contribution < 1.29 is 19.4 Å². The van der Waals surface area contributed by atoms with Gasteiger partial charge >= 0.3 is 5.97 Å². The fourth-order valence-corrected chi connectivity index (χ4v) is 1.18. The minimum Gasteiger partial charge on any atom is -0.481 e.